The SMILES string of the molecule is CCC(CSC)N(C)c1ccc(CNC2CC2)c(C)n1. The second-order valence-electron chi connectivity index (χ2n) is 5.70. The first-order valence-electron chi connectivity index (χ1n) is 7.57. The minimum atomic E-state index is 0.562. The Labute approximate surface area is 127 Å². The molecule has 1 aliphatic rings. The number of rotatable bonds is 8. The van der Waals surface area contributed by atoms with Gasteiger partial charge >= 0.3 is 0 Å². The monoisotopic (exact) mass is 293 g/mol. The lowest BCUT2D eigenvalue weighted by Crippen LogP contribution is -2.34. The average molecular weight is 293 g/mol. The predicted octanol–water partition coefficient (Wildman–Crippen LogP) is 3.22. The summed E-state index contributed by atoms with van der Waals surface area (Å²) in [6.45, 7) is 5.32. The molecule has 1 aromatic rings. The summed E-state index contributed by atoms with van der Waals surface area (Å²) in [6, 6.07) is 5.71. The van der Waals surface area contributed by atoms with Crippen molar-refractivity contribution >= 4 is 17.6 Å². The maximum Gasteiger partial charge on any atom is 0.128 e. The molecule has 1 unspecified atom stereocenters. The number of anilines is 1. The second-order valence-corrected chi connectivity index (χ2v) is 6.61. The number of pyridine rings is 1. The summed E-state index contributed by atoms with van der Waals surface area (Å²) in [5, 5.41) is 3.56. The van der Waals surface area contributed by atoms with Gasteiger partial charge in [0.05, 0.1) is 0 Å². The van der Waals surface area contributed by atoms with Gasteiger partial charge in [-0.3, -0.25) is 0 Å². The van der Waals surface area contributed by atoms with Crippen LogP contribution in [0.1, 0.15) is 37.4 Å². The van der Waals surface area contributed by atoms with Gasteiger partial charge < -0.3 is 10.2 Å². The van der Waals surface area contributed by atoms with Crippen LogP contribution in [0.3, 0.4) is 0 Å². The third-order valence-corrected chi connectivity index (χ3v) is 4.80. The van der Waals surface area contributed by atoms with Crippen molar-refractivity contribution in [1.82, 2.24) is 10.3 Å². The van der Waals surface area contributed by atoms with E-state index in [-0.39, 0.29) is 0 Å². The van der Waals surface area contributed by atoms with Crippen LogP contribution in [0.15, 0.2) is 12.1 Å². The van der Waals surface area contributed by atoms with Gasteiger partial charge in [-0.05, 0) is 44.1 Å². The zero-order valence-electron chi connectivity index (χ0n) is 13.1. The molecule has 0 bridgehead atoms. The normalized spacial score (nSPS) is 16.2. The van der Waals surface area contributed by atoms with Crippen LogP contribution in [0.5, 0.6) is 0 Å². The number of hydrogen-bond donors (Lipinski definition) is 1. The molecule has 0 spiro atoms. The zero-order valence-corrected chi connectivity index (χ0v) is 14.0. The molecule has 1 aliphatic carbocycles. The Morgan fingerprint density at radius 2 is 2.20 bits per heavy atom. The highest BCUT2D eigenvalue weighted by Crippen LogP contribution is 2.21. The van der Waals surface area contributed by atoms with Gasteiger partial charge in [0, 0.05) is 37.1 Å². The molecule has 2 rings (SSSR count). The first-order valence-corrected chi connectivity index (χ1v) is 8.96. The molecule has 112 valence electrons. The fourth-order valence-electron chi connectivity index (χ4n) is 2.38. The molecular weight excluding hydrogens is 266 g/mol. The molecule has 0 saturated heterocycles. The highest BCUT2D eigenvalue weighted by molar-refractivity contribution is 7.98. The van der Waals surface area contributed by atoms with Crippen molar-refractivity contribution in [2.45, 2.75) is 51.7 Å². The summed E-state index contributed by atoms with van der Waals surface area (Å²) in [7, 11) is 2.16. The molecule has 1 saturated carbocycles. The Hall–Kier alpha value is -0.740. The zero-order chi connectivity index (χ0) is 14.5. The van der Waals surface area contributed by atoms with Crippen LogP contribution < -0.4 is 10.2 Å². The summed E-state index contributed by atoms with van der Waals surface area (Å²) in [5.41, 5.74) is 2.48. The van der Waals surface area contributed by atoms with Crippen LogP contribution in [0.4, 0.5) is 5.82 Å². The van der Waals surface area contributed by atoms with Crippen molar-refractivity contribution in [2.75, 3.05) is 24.0 Å². The third kappa shape index (κ3) is 4.13. The largest absolute Gasteiger partial charge is 0.356 e. The van der Waals surface area contributed by atoms with Crippen LogP contribution in [0.2, 0.25) is 0 Å². The fraction of sp³-hybridized carbons (Fsp3) is 0.688. The van der Waals surface area contributed by atoms with Crippen LogP contribution >= 0.6 is 11.8 Å². The molecule has 1 heterocycles. The summed E-state index contributed by atoms with van der Waals surface area (Å²) >= 11 is 1.90. The minimum absolute atomic E-state index is 0.562. The molecule has 3 nitrogen and oxygen atoms in total. The third-order valence-electron chi connectivity index (χ3n) is 4.08. The van der Waals surface area contributed by atoms with Gasteiger partial charge in [-0.2, -0.15) is 11.8 Å². The number of nitrogens with one attached hydrogen (secondary N) is 1. The number of hydrogen-bond acceptors (Lipinski definition) is 4. The van der Waals surface area contributed by atoms with Gasteiger partial charge in [-0.1, -0.05) is 13.0 Å². The van der Waals surface area contributed by atoms with Gasteiger partial charge in [0.2, 0.25) is 0 Å². The van der Waals surface area contributed by atoms with E-state index in [0.717, 1.165) is 36.3 Å². The summed E-state index contributed by atoms with van der Waals surface area (Å²) < 4.78 is 0. The van der Waals surface area contributed by atoms with Crippen molar-refractivity contribution in [3.8, 4) is 0 Å². The molecule has 1 N–H and O–H groups in total. The average Bonchev–Trinajstić information content (AvgIpc) is 3.27. The van der Waals surface area contributed by atoms with Gasteiger partial charge in [0.15, 0.2) is 0 Å². The Bertz CT molecular complexity index is 432. The molecule has 0 radical (unpaired) electrons. The molecule has 20 heavy (non-hydrogen) atoms. The number of aromatic nitrogens is 1. The smallest absolute Gasteiger partial charge is 0.128 e. The summed E-state index contributed by atoms with van der Waals surface area (Å²) in [5.74, 6) is 2.25. The van der Waals surface area contributed by atoms with E-state index < -0.39 is 0 Å². The van der Waals surface area contributed by atoms with E-state index >= 15 is 0 Å². The van der Waals surface area contributed by atoms with Crippen LogP contribution in [-0.4, -0.2) is 36.1 Å². The van der Waals surface area contributed by atoms with Crippen LogP contribution in [0.25, 0.3) is 0 Å². The first-order chi connectivity index (χ1) is 9.65. The molecule has 1 aromatic heterocycles. The number of aryl methyl sites for hydroxylation is 1. The quantitative estimate of drug-likeness (QED) is 0.796. The highest BCUT2D eigenvalue weighted by Gasteiger charge is 2.20. The summed E-state index contributed by atoms with van der Waals surface area (Å²) in [4.78, 5) is 7.12. The van der Waals surface area contributed by atoms with Gasteiger partial charge in [-0.15, -0.1) is 0 Å². The minimum Gasteiger partial charge on any atom is -0.356 e. The molecule has 1 atom stereocenters. The van der Waals surface area contributed by atoms with E-state index in [1.54, 1.807) is 0 Å². The van der Waals surface area contributed by atoms with Gasteiger partial charge in [0.25, 0.3) is 0 Å². The Kier molecular flexibility index (Phi) is 5.73. The van der Waals surface area contributed by atoms with E-state index in [1.165, 1.54) is 18.4 Å². The van der Waals surface area contributed by atoms with Gasteiger partial charge in [0.1, 0.15) is 5.82 Å². The second kappa shape index (κ2) is 7.32. The maximum absolute atomic E-state index is 4.80. The Balaban J connectivity index is 2.02. The fourth-order valence-corrected chi connectivity index (χ4v) is 3.23. The van der Waals surface area contributed by atoms with E-state index in [4.69, 9.17) is 4.98 Å². The van der Waals surface area contributed by atoms with Crippen molar-refractivity contribution in [2.24, 2.45) is 0 Å². The first kappa shape index (κ1) is 15.6. The molecule has 0 aromatic carbocycles. The summed E-state index contributed by atoms with van der Waals surface area (Å²) in [6.07, 6.45) is 5.99. The predicted molar refractivity (Wildman–Crippen MR) is 89.7 cm³/mol. The molecule has 0 aliphatic heterocycles. The molecular formula is C16H27N3S. The van der Waals surface area contributed by atoms with E-state index in [1.807, 2.05) is 11.8 Å². The maximum atomic E-state index is 4.80. The van der Waals surface area contributed by atoms with Crippen molar-refractivity contribution in [3.05, 3.63) is 23.4 Å². The lowest BCUT2D eigenvalue weighted by Gasteiger charge is -2.28. The lowest BCUT2D eigenvalue weighted by atomic mass is 10.2. The van der Waals surface area contributed by atoms with Crippen molar-refractivity contribution in [3.63, 3.8) is 0 Å². The number of thioether (sulfide) groups is 1. The molecule has 4 heteroatoms. The van der Waals surface area contributed by atoms with E-state index in [2.05, 4.69) is 49.5 Å². The lowest BCUT2D eigenvalue weighted by molar-refractivity contribution is 0.660. The molecule has 0 amide bonds. The number of nitrogens with zero attached hydrogens (tertiary/aromatic N) is 2. The Morgan fingerprint density at radius 1 is 1.45 bits per heavy atom. The van der Waals surface area contributed by atoms with Crippen LogP contribution in [-0.2, 0) is 6.54 Å². The van der Waals surface area contributed by atoms with E-state index in [9.17, 15) is 0 Å². The van der Waals surface area contributed by atoms with E-state index in [0.29, 0.717) is 6.04 Å². The van der Waals surface area contributed by atoms with Crippen molar-refractivity contribution in [1.29, 1.82) is 0 Å². The van der Waals surface area contributed by atoms with Crippen LogP contribution in [0, 0.1) is 6.92 Å². The topological polar surface area (TPSA) is 28.2 Å². The standard InChI is InChI=1S/C16H27N3S/c1-5-15(11-20-4)19(3)16-9-6-13(12(2)18-16)10-17-14-7-8-14/h6,9,14-15,17H,5,7-8,10-11H2,1-4H3. The highest BCUT2D eigenvalue weighted by atomic mass is 32.2. The van der Waals surface area contributed by atoms with Crippen molar-refractivity contribution < 1.29 is 0 Å². The van der Waals surface area contributed by atoms with Gasteiger partial charge in [-0.25, -0.2) is 4.98 Å². The Morgan fingerprint density at radius 3 is 2.75 bits per heavy atom. The molecule has 1 fully saturated rings.